The third-order valence-corrected chi connectivity index (χ3v) is 7.79. The summed E-state index contributed by atoms with van der Waals surface area (Å²) < 4.78 is 2.19. The largest absolute Gasteiger partial charge is 0.349 e. The number of hydrogen-bond donors (Lipinski definition) is 1. The molecule has 0 saturated carbocycles. The summed E-state index contributed by atoms with van der Waals surface area (Å²) in [7, 11) is 0. The quantitative estimate of drug-likeness (QED) is 0.483. The van der Waals surface area contributed by atoms with Gasteiger partial charge in [-0.2, -0.15) is 0 Å². The molecular weight excluding hydrogens is 442 g/mol. The molecule has 178 valence electrons. The first kappa shape index (κ1) is 23.1. The Kier molecular flexibility index (Phi) is 7.61. The molecule has 0 radical (unpaired) electrons. The van der Waals surface area contributed by atoms with Crippen LogP contribution in [0.4, 0.5) is 0 Å². The molecular formula is C27H33N5OS. The van der Waals surface area contributed by atoms with Crippen LogP contribution in [0.3, 0.4) is 0 Å². The second kappa shape index (κ2) is 11.2. The maximum Gasteiger partial charge on any atom is 0.230 e. The lowest BCUT2D eigenvalue weighted by atomic mass is 9.88. The van der Waals surface area contributed by atoms with Crippen molar-refractivity contribution in [1.29, 1.82) is 0 Å². The molecule has 1 atom stereocenters. The highest BCUT2D eigenvalue weighted by Gasteiger charge is 2.23. The van der Waals surface area contributed by atoms with Crippen LogP contribution in [0.1, 0.15) is 60.7 Å². The molecule has 34 heavy (non-hydrogen) atoms. The Morgan fingerprint density at radius 2 is 1.74 bits per heavy atom. The second-order valence-electron chi connectivity index (χ2n) is 9.31. The highest BCUT2D eigenvalue weighted by Crippen LogP contribution is 2.29. The topological polar surface area (TPSA) is 63.1 Å². The summed E-state index contributed by atoms with van der Waals surface area (Å²) >= 11 is 1.49. The van der Waals surface area contributed by atoms with Gasteiger partial charge < -0.3 is 9.88 Å². The van der Waals surface area contributed by atoms with Crippen molar-refractivity contribution in [2.45, 2.75) is 62.8 Å². The number of benzene rings is 2. The van der Waals surface area contributed by atoms with Crippen molar-refractivity contribution >= 4 is 17.7 Å². The summed E-state index contributed by atoms with van der Waals surface area (Å²) in [6, 6.07) is 19.0. The van der Waals surface area contributed by atoms with Crippen molar-refractivity contribution in [2.75, 3.05) is 18.8 Å². The van der Waals surface area contributed by atoms with E-state index in [0.29, 0.717) is 5.75 Å². The minimum absolute atomic E-state index is 0.0542. The fraction of sp³-hybridized carbons (Fsp3) is 0.444. The predicted molar refractivity (Wildman–Crippen MR) is 136 cm³/mol. The van der Waals surface area contributed by atoms with Crippen molar-refractivity contribution in [1.82, 2.24) is 25.0 Å². The van der Waals surface area contributed by atoms with Gasteiger partial charge in [-0.25, -0.2) is 0 Å². The van der Waals surface area contributed by atoms with Gasteiger partial charge in [-0.15, -0.1) is 10.2 Å². The molecule has 1 aliphatic carbocycles. The van der Waals surface area contributed by atoms with Gasteiger partial charge in [-0.1, -0.05) is 72.8 Å². The Labute approximate surface area is 206 Å². The first-order chi connectivity index (χ1) is 16.8. The molecule has 1 aliphatic heterocycles. The van der Waals surface area contributed by atoms with Crippen molar-refractivity contribution < 1.29 is 4.79 Å². The van der Waals surface area contributed by atoms with E-state index >= 15 is 0 Å². The maximum atomic E-state index is 12.9. The van der Waals surface area contributed by atoms with Gasteiger partial charge in [-0.05, 0) is 61.9 Å². The zero-order chi connectivity index (χ0) is 23.2. The van der Waals surface area contributed by atoms with Gasteiger partial charge in [0.1, 0.15) is 5.82 Å². The number of aryl methyl sites for hydroxylation is 1. The number of piperidine rings is 1. The van der Waals surface area contributed by atoms with Gasteiger partial charge in [-0.3, -0.25) is 9.69 Å². The summed E-state index contributed by atoms with van der Waals surface area (Å²) in [5.74, 6) is 1.38. The fourth-order valence-corrected chi connectivity index (χ4v) is 5.82. The number of carbonyl (C=O) groups excluding carboxylic acids is 1. The Bertz CT molecular complexity index is 1090. The molecule has 5 rings (SSSR count). The van der Waals surface area contributed by atoms with Crippen LogP contribution >= 0.6 is 11.8 Å². The zero-order valence-corrected chi connectivity index (χ0v) is 20.5. The first-order valence-corrected chi connectivity index (χ1v) is 13.4. The zero-order valence-electron chi connectivity index (χ0n) is 19.7. The summed E-state index contributed by atoms with van der Waals surface area (Å²) in [6.07, 6.45) is 7.02. The normalized spacial score (nSPS) is 18.4. The smallest absolute Gasteiger partial charge is 0.230 e. The monoisotopic (exact) mass is 475 g/mol. The molecule has 1 N–H and O–H groups in total. The standard InChI is InChI=1S/C27H33N5OS/c33-26(28-24-15-9-13-22-12-5-6-14-23(22)24)20-34-27-30-29-25(19-31-16-7-2-8-17-31)32(27)18-21-10-3-1-4-11-21/h1,3-6,10-12,14,24H,2,7-9,13,15-20H2,(H,28,33)/t24-/m1/s1. The van der Waals surface area contributed by atoms with E-state index in [0.717, 1.165) is 56.4 Å². The van der Waals surface area contributed by atoms with Crippen LogP contribution in [0, 0.1) is 0 Å². The van der Waals surface area contributed by atoms with E-state index in [1.807, 2.05) is 6.07 Å². The van der Waals surface area contributed by atoms with E-state index in [4.69, 9.17) is 0 Å². The predicted octanol–water partition coefficient (Wildman–Crippen LogP) is 4.60. The lowest BCUT2D eigenvalue weighted by Gasteiger charge is -2.26. The third kappa shape index (κ3) is 5.70. The first-order valence-electron chi connectivity index (χ1n) is 12.4. The molecule has 2 heterocycles. The van der Waals surface area contributed by atoms with E-state index in [-0.39, 0.29) is 11.9 Å². The van der Waals surface area contributed by atoms with Gasteiger partial charge >= 0.3 is 0 Å². The number of nitrogens with one attached hydrogen (secondary N) is 1. The SMILES string of the molecule is O=C(CSc1nnc(CN2CCCCC2)n1Cc1ccccc1)N[C@@H]1CCCc2ccccc21. The van der Waals surface area contributed by atoms with E-state index < -0.39 is 0 Å². The number of likely N-dealkylation sites (tertiary alicyclic amines) is 1. The van der Waals surface area contributed by atoms with Crippen LogP contribution in [0.25, 0.3) is 0 Å². The molecule has 1 saturated heterocycles. The van der Waals surface area contributed by atoms with Crippen molar-refractivity contribution in [3.8, 4) is 0 Å². The molecule has 0 bridgehead atoms. The highest BCUT2D eigenvalue weighted by molar-refractivity contribution is 7.99. The number of rotatable bonds is 8. The van der Waals surface area contributed by atoms with Crippen LogP contribution in [0.2, 0.25) is 0 Å². The van der Waals surface area contributed by atoms with Crippen LogP contribution in [0.15, 0.2) is 59.8 Å². The summed E-state index contributed by atoms with van der Waals surface area (Å²) in [6.45, 7) is 3.76. The molecule has 6 nitrogen and oxygen atoms in total. The molecule has 1 amide bonds. The molecule has 7 heteroatoms. The lowest BCUT2D eigenvalue weighted by Crippen LogP contribution is -2.32. The van der Waals surface area contributed by atoms with Gasteiger partial charge in [0.2, 0.25) is 5.91 Å². The molecule has 2 aromatic carbocycles. The number of nitrogens with zero attached hydrogens (tertiary/aromatic N) is 4. The average molecular weight is 476 g/mol. The Balaban J connectivity index is 1.26. The van der Waals surface area contributed by atoms with E-state index in [1.165, 1.54) is 47.7 Å². The fourth-order valence-electron chi connectivity index (χ4n) is 5.05. The number of carbonyl (C=O) groups is 1. The third-order valence-electron chi connectivity index (χ3n) is 6.83. The van der Waals surface area contributed by atoms with E-state index in [2.05, 4.69) is 73.5 Å². The van der Waals surface area contributed by atoms with Crippen LogP contribution in [0.5, 0.6) is 0 Å². The molecule has 2 aliphatic rings. The number of fused-ring (bicyclic) bond motifs is 1. The van der Waals surface area contributed by atoms with Crippen LogP contribution < -0.4 is 5.32 Å². The van der Waals surface area contributed by atoms with Crippen LogP contribution in [-0.2, 0) is 24.3 Å². The summed E-state index contributed by atoms with van der Waals surface area (Å²) in [5.41, 5.74) is 3.84. The maximum absolute atomic E-state index is 12.9. The van der Waals surface area contributed by atoms with Crippen molar-refractivity contribution in [3.63, 3.8) is 0 Å². The van der Waals surface area contributed by atoms with Gasteiger partial charge in [0, 0.05) is 0 Å². The summed E-state index contributed by atoms with van der Waals surface area (Å²) in [4.78, 5) is 15.4. The number of aromatic nitrogens is 3. The van der Waals surface area contributed by atoms with Crippen molar-refractivity contribution in [3.05, 3.63) is 77.1 Å². The van der Waals surface area contributed by atoms with Gasteiger partial charge in [0.05, 0.1) is 24.9 Å². The van der Waals surface area contributed by atoms with E-state index in [9.17, 15) is 4.79 Å². The number of hydrogen-bond acceptors (Lipinski definition) is 5. The second-order valence-corrected chi connectivity index (χ2v) is 10.2. The minimum atomic E-state index is 0.0542. The molecule has 1 aromatic heterocycles. The highest BCUT2D eigenvalue weighted by atomic mass is 32.2. The Morgan fingerprint density at radius 3 is 2.59 bits per heavy atom. The Hall–Kier alpha value is -2.64. The Morgan fingerprint density at radius 1 is 0.941 bits per heavy atom. The molecule has 0 spiro atoms. The van der Waals surface area contributed by atoms with Gasteiger partial charge in [0.15, 0.2) is 5.16 Å². The molecule has 1 fully saturated rings. The lowest BCUT2D eigenvalue weighted by molar-refractivity contribution is -0.119. The van der Waals surface area contributed by atoms with E-state index in [1.54, 1.807) is 0 Å². The average Bonchev–Trinajstić information content (AvgIpc) is 3.25. The van der Waals surface area contributed by atoms with Crippen molar-refractivity contribution in [2.24, 2.45) is 0 Å². The minimum Gasteiger partial charge on any atom is -0.349 e. The van der Waals surface area contributed by atoms with Gasteiger partial charge in [0.25, 0.3) is 0 Å². The number of thioether (sulfide) groups is 1. The summed E-state index contributed by atoms with van der Waals surface area (Å²) in [5, 5.41) is 13.1. The molecule has 3 aromatic rings. The number of amides is 1. The van der Waals surface area contributed by atoms with Crippen LogP contribution in [-0.4, -0.2) is 44.4 Å². The molecule has 0 unspecified atom stereocenters.